The molecular formula is C25H19N2O4-. The van der Waals surface area contributed by atoms with Crippen molar-refractivity contribution in [3.05, 3.63) is 99.8 Å². The summed E-state index contributed by atoms with van der Waals surface area (Å²) in [7, 11) is 0. The number of benzene rings is 3. The number of carbonyl (C=O) groups is 2. The fourth-order valence-electron chi connectivity index (χ4n) is 5.85. The van der Waals surface area contributed by atoms with Crippen molar-refractivity contribution >= 4 is 23.2 Å². The highest BCUT2D eigenvalue weighted by molar-refractivity contribution is 6.23. The van der Waals surface area contributed by atoms with Gasteiger partial charge in [0.15, 0.2) is 0 Å². The van der Waals surface area contributed by atoms with E-state index in [4.69, 9.17) is 0 Å². The second-order valence-corrected chi connectivity index (χ2v) is 8.57. The Morgan fingerprint density at radius 2 is 1.42 bits per heavy atom. The summed E-state index contributed by atoms with van der Waals surface area (Å²) in [5, 5.41) is 20.4. The first kappa shape index (κ1) is 18.3. The molecule has 0 unspecified atom stereocenters. The molecule has 0 saturated carbocycles. The second-order valence-electron chi connectivity index (χ2n) is 8.57. The van der Waals surface area contributed by atoms with Crippen LogP contribution in [0.3, 0.4) is 0 Å². The third-order valence-electron chi connectivity index (χ3n) is 7.00. The van der Waals surface area contributed by atoms with Crippen molar-refractivity contribution in [3.63, 3.8) is 0 Å². The van der Waals surface area contributed by atoms with Crippen molar-refractivity contribution in [1.29, 1.82) is 0 Å². The first-order valence-electron chi connectivity index (χ1n) is 10.3. The molecule has 2 amide bonds. The number of carbonyl (C=O) groups excluding carboxylic acids is 2. The van der Waals surface area contributed by atoms with E-state index in [0.29, 0.717) is 5.69 Å². The van der Waals surface area contributed by atoms with Crippen LogP contribution in [-0.4, -0.2) is 17.0 Å². The van der Waals surface area contributed by atoms with Gasteiger partial charge in [-0.25, -0.2) is 4.90 Å². The minimum Gasteiger partial charge on any atom is -0.733 e. The molecule has 2 bridgehead atoms. The SMILES string of the molecule is Cc1ccc2c(c1)[C@H]1c3ccccc3[C@H]2[C@@H]2C(=O)N(c3cccc(N([O-])O)c3)C(=O)[C@H]12. The highest BCUT2D eigenvalue weighted by Gasteiger charge is 2.61. The molecule has 4 atom stereocenters. The number of hydrogen-bond donors (Lipinski definition) is 1. The maximum absolute atomic E-state index is 13.7. The van der Waals surface area contributed by atoms with E-state index >= 15 is 0 Å². The van der Waals surface area contributed by atoms with Crippen LogP contribution >= 0.6 is 0 Å². The molecule has 1 N–H and O–H groups in total. The molecular weight excluding hydrogens is 392 g/mol. The van der Waals surface area contributed by atoms with Crippen LogP contribution in [0.25, 0.3) is 0 Å². The fraction of sp³-hybridized carbons (Fsp3) is 0.200. The van der Waals surface area contributed by atoms with Gasteiger partial charge in [0.05, 0.1) is 23.2 Å². The van der Waals surface area contributed by atoms with Crippen LogP contribution in [-0.2, 0) is 9.59 Å². The Hall–Kier alpha value is -3.48. The molecule has 1 fully saturated rings. The molecule has 0 radical (unpaired) electrons. The van der Waals surface area contributed by atoms with Crippen LogP contribution in [0.2, 0.25) is 0 Å². The Morgan fingerprint density at radius 1 is 0.806 bits per heavy atom. The van der Waals surface area contributed by atoms with Crippen molar-refractivity contribution in [3.8, 4) is 0 Å². The van der Waals surface area contributed by atoms with E-state index in [0.717, 1.165) is 27.8 Å². The van der Waals surface area contributed by atoms with Gasteiger partial charge in [-0.3, -0.25) is 14.8 Å². The number of amides is 2. The number of imide groups is 1. The molecule has 3 aromatic rings. The summed E-state index contributed by atoms with van der Waals surface area (Å²) < 4.78 is 0. The zero-order valence-corrected chi connectivity index (χ0v) is 16.7. The Labute approximate surface area is 178 Å². The standard InChI is InChI=1S/C25H19N2O4/c1-13-9-10-18-19(11-13)21-17-8-3-2-7-16(17)20(18)22-23(21)25(29)26(24(22)28)14-5-4-6-15(12-14)27(30)31/h2-12,20-23,30H,1H3/q-1/t20-,21-,22+,23-/m1/s1. The van der Waals surface area contributed by atoms with Gasteiger partial charge in [-0.2, -0.15) is 0 Å². The van der Waals surface area contributed by atoms with Crippen molar-refractivity contribution in [2.75, 3.05) is 10.1 Å². The average molecular weight is 411 g/mol. The smallest absolute Gasteiger partial charge is 0.238 e. The van der Waals surface area contributed by atoms with Crippen molar-refractivity contribution in [2.45, 2.75) is 18.8 Å². The van der Waals surface area contributed by atoms with E-state index in [-0.39, 0.29) is 34.6 Å². The Bertz CT molecular complexity index is 1270. The van der Waals surface area contributed by atoms with Crippen molar-refractivity contribution in [1.82, 2.24) is 0 Å². The maximum atomic E-state index is 13.7. The lowest BCUT2D eigenvalue weighted by Gasteiger charge is -2.46. The predicted octanol–water partition coefficient (Wildman–Crippen LogP) is 4.09. The summed E-state index contributed by atoms with van der Waals surface area (Å²) in [6.45, 7) is 2.04. The monoisotopic (exact) mass is 411 g/mol. The summed E-state index contributed by atoms with van der Waals surface area (Å²) in [6, 6.07) is 20.3. The van der Waals surface area contributed by atoms with E-state index in [9.17, 15) is 20.0 Å². The third-order valence-corrected chi connectivity index (χ3v) is 7.00. The van der Waals surface area contributed by atoms with Gasteiger partial charge in [0.2, 0.25) is 11.8 Å². The van der Waals surface area contributed by atoms with Gasteiger partial charge in [-0.15, -0.1) is 0 Å². The molecule has 1 heterocycles. The Morgan fingerprint density at radius 3 is 2.06 bits per heavy atom. The molecule has 6 heteroatoms. The van der Waals surface area contributed by atoms with Gasteiger partial charge in [0.1, 0.15) is 0 Å². The number of anilines is 2. The number of hydrogen-bond acceptors (Lipinski definition) is 5. The number of rotatable bonds is 2. The minimum atomic E-state index is -0.483. The maximum Gasteiger partial charge on any atom is 0.238 e. The van der Waals surface area contributed by atoms with Crippen LogP contribution in [0.15, 0.2) is 66.7 Å². The highest BCUT2D eigenvalue weighted by atomic mass is 16.8. The Balaban J connectivity index is 1.54. The van der Waals surface area contributed by atoms with Crippen LogP contribution < -0.4 is 10.1 Å². The summed E-state index contributed by atoms with van der Waals surface area (Å²) in [4.78, 5) is 28.5. The minimum absolute atomic E-state index is 0.0295. The highest BCUT2D eigenvalue weighted by Crippen LogP contribution is 2.61. The lowest BCUT2D eigenvalue weighted by molar-refractivity contribution is -0.122. The molecule has 3 aromatic carbocycles. The first-order valence-corrected chi connectivity index (χ1v) is 10.3. The van der Waals surface area contributed by atoms with Gasteiger partial charge in [-0.1, -0.05) is 54.1 Å². The van der Waals surface area contributed by atoms with Gasteiger partial charge < -0.3 is 10.4 Å². The predicted molar refractivity (Wildman–Crippen MR) is 115 cm³/mol. The molecule has 31 heavy (non-hydrogen) atoms. The lowest BCUT2D eigenvalue weighted by Crippen LogP contribution is -2.41. The summed E-state index contributed by atoms with van der Waals surface area (Å²) in [5.41, 5.74) is 5.88. The van der Waals surface area contributed by atoms with Crippen LogP contribution in [0.5, 0.6) is 0 Å². The molecule has 154 valence electrons. The average Bonchev–Trinajstić information content (AvgIpc) is 3.04. The third kappa shape index (κ3) is 2.34. The van der Waals surface area contributed by atoms with Crippen LogP contribution in [0.4, 0.5) is 11.4 Å². The normalized spacial score (nSPS) is 25.3. The molecule has 6 nitrogen and oxygen atoms in total. The quantitative estimate of drug-likeness (QED) is 0.507. The van der Waals surface area contributed by atoms with Gasteiger partial charge >= 0.3 is 0 Å². The molecule has 1 saturated heterocycles. The van der Waals surface area contributed by atoms with E-state index in [1.807, 2.05) is 19.1 Å². The second kappa shape index (κ2) is 6.26. The van der Waals surface area contributed by atoms with Crippen LogP contribution in [0.1, 0.15) is 39.7 Å². The zero-order chi connectivity index (χ0) is 21.4. The van der Waals surface area contributed by atoms with Gasteiger partial charge in [0, 0.05) is 11.8 Å². The summed E-state index contributed by atoms with van der Waals surface area (Å²) >= 11 is 0. The summed E-state index contributed by atoms with van der Waals surface area (Å²) in [6.07, 6.45) is 0. The Kier molecular flexibility index (Phi) is 3.70. The molecule has 7 rings (SSSR count). The van der Waals surface area contributed by atoms with Crippen molar-refractivity contribution < 1.29 is 14.8 Å². The van der Waals surface area contributed by atoms with E-state index < -0.39 is 11.8 Å². The summed E-state index contributed by atoms with van der Waals surface area (Å²) in [5.74, 6) is -1.83. The van der Waals surface area contributed by atoms with E-state index in [1.165, 1.54) is 17.0 Å². The molecule has 4 aliphatic rings. The number of nitrogens with zero attached hydrogens (tertiary/aromatic N) is 2. The molecule has 3 aliphatic carbocycles. The van der Waals surface area contributed by atoms with Gasteiger partial charge in [0.25, 0.3) is 0 Å². The van der Waals surface area contributed by atoms with Crippen LogP contribution in [0, 0.1) is 24.0 Å². The lowest BCUT2D eigenvalue weighted by atomic mass is 9.55. The first-order chi connectivity index (χ1) is 15.0. The largest absolute Gasteiger partial charge is 0.733 e. The van der Waals surface area contributed by atoms with Gasteiger partial charge in [-0.05, 0) is 47.4 Å². The number of aryl methyl sites for hydroxylation is 1. The fourth-order valence-corrected chi connectivity index (χ4v) is 5.85. The molecule has 1 aliphatic heterocycles. The zero-order valence-electron chi connectivity index (χ0n) is 16.7. The molecule has 0 aromatic heterocycles. The topological polar surface area (TPSA) is 83.9 Å². The van der Waals surface area contributed by atoms with Crippen molar-refractivity contribution in [2.24, 2.45) is 11.8 Å². The van der Waals surface area contributed by atoms with E-state index in [2.05, 4.69) is 30.3 Å². The van der Waals surface area contributed by atoms with E-state index in [1.54, 1.807) is 12.1 Å². The molecule has 0 spiro atoms.